The van der Waals surface area contributed by atoms with Crippen LogP contribution in [0.1, 0.15) is 35.3 Å². The standard InChI is InChI=1S/C26H29N3O3/c1-3-27-11-13-28(14-12-27)17-21-23(30)10-9-20-25(31)24(32-26(20)21)15-18-16-29(4-2)22-8-6-5-7-19(18)22/h5-10,15-16,30H,3-4,11-14,17H2,1-2H3/b24-15+. The van der Waals surface area contributed by atoms with Crippen molar-refractivity contribution < 1.29 is 19.5 Å². The Hall–Kier alpha value is -3.09. The van der Waals surface area contributed by atoms with E-state index in [-0.39, 0.29) is 17.3 Å². The van der Waals surface area contributed by atoms with E-state index in [1.807, 2.05) is 18.2 Å². The highest BCUT2D eigenvalue weighted by Crippen LogP contribution is 2.38. The van der Waals surface area contributed by atoms with E-state index in [4.69, 9.17) is 4.74 Å². The van der Waals surface area contributed by atoms with Crippen LogP contribution in [0.4, 0.5) is 0 Å². The number of ketones is 1. The number of carbonyl (C=O) groups is 1. The minimum absolute atomic E-state index is 0.0502. The molecule has 1 N–H and O–H groups in total. The summed E-state index contributed by atoms with van der Waals surface area (Å²) in [5, 5.41) is 13.8. The monoisotopic (exact) mass is 431 g/mol. The Morgan fingerprint density at radius 1 is 1.09 bits per heavy atom. The van der Waals surface area contributed by atoms with Crippen molar-refractivity contribution in [2.24, 2.45) is 0 Å². The molecule has 3 heterocycles. The van der Waals surface area contributed by atoms with Crippen molar-refractivity contribution in [1.29, 1.82) is 0 Å². The lowest BCUT2D eigenvalue weighted by Gasteiger charge is -2.32. The molecule has 2 aliphatic rings. The highest BCUT2D eigenvalue weighted by molar-refractivity contribution is 6.15. The van der Waals surface area contributed by atoms with Gasteiger partial charge in [-0.05, 0) is 31.7 Å². The van der Waals surface area contributed by atoms with Crippen LogP contribution >= 0.6 is 0 Å². The normalized spacial score (nSPS) is 18.4. The fourth-order valence-corrected chi connectivity index (χ4v) is 4.86. The molecule has 166 valence electrons. The smallest absolute Gasteiger partial charge is 0.231 e. The summed E-state index contributed by atoms with van der Waals surface area (Å²) in [6.07, 6.45) is 3.87. The number of hydrogen-bond acceptors (Lipinski definition) is 4. The minimum atomic E-state index is -0.152. The number of quaternary nitrogens is 1. The summed E-state index contributed by atoms with van der Waals surface area (Å²) in [7, 11) is 0. The summed E-state index contributed by atoms with van der Waals surface area (Å²) in [5.41, 5.74) is 3.19. The van der Waals surface area contributed by atoms with E-state index < -0.39 is 0 Å². The van der Waals surface area contributed by atoms with E-state index >= 15 is 0 Å². The lowest BCUT2D eigenvalue weighted by atomic mass is 10.0. The quantitative estimate of drug-likeness (QED) is 0.629. The molecule has 0 amide bonds. The van der Waals surface area contributed by atoms with Gasteiger partial charge in [-0.25, -0.2) is 0 Å². The number of aryl methyl sites for hydroxylation is 1. The number of benzene rings is 2. The molecule has 0 unspecified atom stereocenters. The Bertz CT molecular complexity index is 1200. The van der Waals surface area contributed by atoms with Gasteiger partial charge < -0.3 is 19.3 Å². The summed E-state index contributed by atoms with van der Waals surface area (Å²) < 4.78 is 8.25. The molecule has 1 saturated heterocycles. The van der Waals surface area contributed by atoms with E-state index in [9.17, 15) is 9.90 Å². The van der Waals surface area contributed by atoms with Crippen LogP contribution in [0.5, 0.6) is 11.5 Å². The number of piperazine rings is 1. The molecule has 1 fully saturated rings. The number of hydrogen-bond donors (Lipinski definition) is 1. The van der Waals surface area contributed by atoms with E-state index in [0.29, 0.717) is 23.4 Å². The summed E-state index contributed by atoms with van der Waals surface area (Å²) in [6, 6.07) is 11.3. The van der Waals surface area contributed by atoms with Crippen LogP contribution in [-0.4, -0.2) is 48.0 Å². The summed E-state index contributed by atoms with van der Waals surface area (Å²) in [4.78, 5) is 16.9. The lowest BCUT2D eigenvalue weighted by Crippen LogP contribution is -3.13. The number of likely N-dealkylation sites (N-methyl/N-ethyl adjacent to an activating group) is 1. The highest BCUT2D eigenvalue weighted by Gasteiger charge is 2.32. The first-order valence-electron chi connectivity index (χ1n) is 11.5. The fourth-order valence-electron chi connectivity index (χ4n) is 4.86. The van der Waals surface area contributed by atoms with Gasteiger partial charge in [0.2, 0.25) is 5.78 Å². The number of Topliss-reactive ketones (excluding diaryl/α,β-unsaturated/α-hetero) is 1. The Morgan fingerprint density at radius 3 is 2.62 bits per heavy atom. The third-order valence-corrected chi connectivity index (χ3v) is 6.78. The van der Waals surface area contributed by atoms with E-state index in [1.54, 1.807) is 6.07 Å². The van der Waals surface area contributed by atoms with Crippen LogP contribution < -0.4 is 14.7 Å². The van der Waals surface area contributed by atoms with E-state index in [2.05, 4.69) is 41.6 Å². The van der Waals surface area contributed by atoms with Gasteiger partial charge >= 0.3 is 0 Å². The second-order valence-corrected chi connectivity index (χ2v) is 8.61. The zero-order valence-electron chi connectivity index (χ0n) is 18.7. The van der Waals surface area contributed by atoms with Gasteiger partial charge in [0.1, 0.15) is 12.3 Å². The zero-order chi connectivity index (χ0) is 22.2. The van der Waals surface area contributed by atoms with Crippen molar-refractivity contribution in [2.45, 2.75) is 26.9 Å². The predicted molar refractivity (Wildman–Crippen MR) is 123 cm³/mol. The van der Waals surface area contributed by atoms with Gasteiger partial charge in [0.25, 0.3) is 0 Å². The number of aromatic nitrogens is 1. The Balaban J connectivity index is 1.46. The molecule has 0 atom stereocenters. The van der Waals surface area contributed by atoms with Gasteiger partial charge in [-0.15, -0.1) is 0 Å². The van der Waals surface area contributed by atoms with Gasteiger partial charge in [-0.2, -0.15) is 0 Å². The number of allylic oxidation sites excluding steroid dienone is 1. The average molecular weight is 432 g/mol. The highest BCUT2D eigenvalue weighted by atomic mass is 16.5. The van der Waals surface area contributed by atoms with Gasteiger partial charge in [0, 0.05) is 47.9 Å². The Labute approximate surface area is 188 Å². The molecule has 3 aromatic rings. The maximum atomic E-state index is 13.1. The van der Waals surface area contributed by atoms with Crippen LogP contribution in [0, 0.1) is 0 Å². The molecular formula is C26H29N3O3. The van der Waals surface area contributed by atoms with Crippen LogP contribution in [0.2, 0.25) is 0 Å². The third-order valence-electron chi connectivity index (χ3n) is 6.78. The molecule has 0 spiro atoms. The fraction of sp³-hybridized carbons (Fsp3) is 0.346. The van der Waals surface area contributed by atoms with E-state index in [0.717, 1.165) is 55.7 Å². The molecule has 32 heavy (non-hydrogen) atoms. The number of nitrogens with zero attached hydrogens (tertiary/aromatic N) is 2. The van der Waals surface area contributed by atoms with Crippen LogP contribution in [0.3, 0.4) is 0 Å². The largest absolute Gasteiger partial charge is 0.872 e. The molecule has 6 heteroatoms. The molecular weight excluding hydrogens is 402 g/mol. The number of fused-ring (bicyclic) bond motifs is 2. The third kappa shape index (κ3) is 3.59. The second kappa shape index (κ2) is 8.45. The first-order valence-corrected chi connectivity index (χ1v) is 11.5. The topological polar surface area (TPSA) is 62.0 Å². The summed E-state index contributed by atoms with van der Waals surface area (Å²) >= 11 is 0. The number of carbonyl (C=O) groups excluding carboxylic acids is 1. The number of rotatable bonds is 5. The predicted octanol–water partition coefficient (Wildman–Crippen LogP) is 2.07. The minimum Gasteiger partial charge on any atom is -0.872 e. The van der Waals surface area contributed by atoms with Gasteiger partial charge in [-0.3, -0.25) is 9.69 Å². The van der Waals surface area contributed by atoms with Crippen molar-refractivity contribution in [2.75, 3.05) is 32.7 Å². The van der Waals surface area contributed by atoms with Crippen molar-refractivity contribution in [3.05, 3.63) is 65.0 Å². The molecule has 6 nitrogen and oxygen atoms in total. The maximum absolute atomic E-state index is 13.1. The SMILES string of the molecule is CCN1CC[NH+](Cc2c([O-])ccc3c2O/C(=C/c2cn(CC)c4ccccc24)C3=O)CC1. The molecule has 0 bridgehead atoms. The second-order valence-electron chi connectivity index (χ2n) is 8.61. The first kappa shape index (κ1) is 20.8. The average Bonchev–Trinajstić information content (AvgIpc) is 3.34. The molecule has 0 radical (unpaired) electrons. The van der Waals surface area contributed by atoms with Crippen molar-refractivity contribution in [3.63, 3.8) is 0 Å². The molecule has 0 aliphatic carbocycles. The van der Waals surface area contributed by atoms with Gasteiger partial charge in [0.15, 0.2) is 5.76 Å². The van der Waals surface area contributed by atoms with Crippen LogP contribution in [0.15, 0.2) is 48.4 Å². The molecule has 5 rings (SSSR count). The Morgan fingerprint density at radius 2 is 1.88 bits per heavy atom. The maximum Gasteiger partial charge on any atom is 0.231 e. The van der Waals surface area contributed by atoms with E-state index in [1.165, 1.54) is 11.0 Å². The first-order chi connectivity index (χ1) is 15.6. The van der Waals surface area contributed by atoms with Crippen LogP contribution in [0.25, 0.3) is 17.0 Å². The lowest BCUT2D eigenvalue weighted by molar-refractivity contribution is -0.918. The number of para-hydroxylation sites is 1. The van der Waals surface area contributed by atoms with Gasteiger partial charge in [0.05, 0.1) is 18.7 Å². The molecule has 1 aromatic heterocycles. The van der Waals surface area contributed by atoms with Crippen molar-refractivity contribution in [1.82, 2.24) is 9.47 Å². The zero-order valence-corrected chi connectivity index (χ0v) is 18.7. The molecule has 2 aromatic carbocycles. The molecule has 2 aliphatic heterocycles. The number of ether oxygens (including phenoxy) is 1. The van der Waals surface area contributed by atoms with Gasteiger partial charge in [-0.1, -0.05) is 36.9 Å². The van der Waals surface area contributed by atoms with Crippen LogP contribution in [-0.2, 0) is 13.1 Å². The molecule has 0 saturated carbocycles. The Kier molecular flexibility index (Phi) is 5.49. The summed E-state index contributed by atoms with van der Waals surface area (Å²) in [6.45, 7) is 10.8. The van der Waals surface area contributed by atoms with Crippen molar-refractivity contribution in [3.8, 4) is 11.5 Å². The number of nitrogens with one attached hydrogen (secondary N) is 1. The summed E-state index contributed by atoms with van der Waals surface area (Å²) in [5.74, 6) is 0.543. The van der Waals surface area contributed by atoms with Crippen molar-refractivity contribution >= 4 is 22.8 Å².